The molecule has 0 aliphatic carbocycles. The van der Waals surface area contributed by atoms with Crippen LogP contribution in [0.25, 0.3) is 0 Å². The molecular weight excluding hydrogens is 300 g/mol. The molecule has 0 spiro atoms. The average Bonchev–Trinajstić information content (AvgIpc) is 2.49. The summed E-state index contributed by atoms with van der Waals surface area (Å²) in [7, 11) is -3.47. The van der Waals surface area contributed by atoms with Gasteiger partial charge in [-0.05, 0) is 37.1 Å². The number of benzene rings is 1. The molecular formula is C16H18N2O3S. The lowest BCUT2D eigenvalue weighted by Gasteiger charge is -2.10. The van der Waals surface area contributed by atoms with Crippen molar-refractivity contribution in [3.8, 4) is 0 Å². The van der Waals surface area contributed by atoms with Crippen molar-refractivity contribution in [2.75, 3.05) is 11.1 Å². The van der Waals surface area contributed by atoms with Crippen LogP contribution in [0, 0.1) is 6.92 Å². The first-order chi connectivity index (χ1) is 10.4. The van der Waals surface area contributed by atoms with Crippen molar-refractivity contribution in [3.63, 3.8) is 0 Å². The van der Waals surface area contributed by atoms with E-state index in [2.05, 4.69) is 10.3 Å². The van der Waals surface area contributed by atoms with Gasteiger partial charge in [0.05, 0.1) is 16.2 Å². The van der Waals surface area contributed by atoms with Gasteiger partial charge in [-0.25, -0.2) is 13.4 Å². The number of aryl methyl sites for hydroxylation is 1. The molecule has 0 aliphatic heterocycles. The Morgan fingerprint density at radius 1 is 1.18 bits per heavy atom. The van der Waals surface area contributed by atoms with Crippen LogP contribution in [0.5, 0.6) is 0 Å². The lowest BCUT2D eigenvalue weighted by molar-refractivity contribution is 0.102. The highest BCUT2D eigenvalue weighted by atomic mass is 32.2. The van der Waals surface area contributed by atoms with Crippen LogP contribution in [0.3, 0.4) is 0 Å². The van der Waals surface area contributed by atoms with Gasteiger partial charge in [-0.1, -0.05) is 25.1 Å². The fraction of sp³-hybridized carbons (Fsp3) is 0.250. The maximum absolute atomic E-state index is 12.4. The second-order valence-electron chi connectivity index (χ2n) is 4.99. The average molecular weight is 318 g/mol. The molecule has 1 heterocycles. The number of carbonyl (C=O) groups excluding carboxylic acids is 1. The third-order valence-electron chi connectivity index (χ3n) is 3.09. The van der Waals surface area contributed by atoms with Crippen molar-refractivity contribution in [2.45, 2.75) is 25.2 Å². The molecule has 0 saturated carbocycles. The first-order valence-corrected chi connectivity index (χ1v) is 8.65. The molecule has 0 atom stereocenters. The molecule has 0 aliphatic rings. The molecule has 0 radical (unpaired) electrons. The van der Waals surface area contributed by atoms with Crippen LogP contribution < -0.4 is 5.32 Å². The monoisotopic (exact) mass is 318 g/mol. The summed E-state index contributed by atoms with van der Waals surface area (Å²) >= 11 is 0. The zero-order valence-electron chi connectivity index (χ0n) is 12.5. The summed E-state index contributed by atoms with van der Waals surface area (Å²) in [4.78, 5) is 16.5. The number of anilines is 1. The smallest absolute Gasteiger partial charge is 0.258 e. The number of pyridine rings is 1. The van der Waals surface area contributed by atoms with Crippen molar-refractivity contribution >= 4 is 21.6 Å². The molecule has 5 nitrogen and oxygen atoms in total. The van der Waals surface area contributed by atoms with Gasteiger partial charge in [-0.2, -0.15) is 0 Å². The van der Waals surface area contributed by atoms with E-state index in [0.29, 0.717) is 12.2 Å². The van der Waals surface area contributed by atoms with E-state index in [1.807, 2.05) is 13.0 Å². The Hall–Kier alpha value is -2.21. The topological polar surface area (TPSA) is 76.1 Å². The van der Waals surface area contributed by atoms with Gasteiger partial charge in [0.2, 0.25) is 0 Å². The van der Waals surface area contributed by atoms with E-state index in [0.717, 1.165) is 5.56 Å². The van der Waals surface area contributed by atoms with Gasteiger partial charge in [-0.15, -0.1) is 0 Å². The minimum atomic E-state index is -3.47. The number of hydrogen-bond acceptors (Lipinski definition) is 4. The Morgan fingerprint density at radius 2 is 1.91 bits per heavy atom. The number of carbonyl (C=O) groups is 1. The number of nitrogens with one attached hydrogen (secondary N) is 1. The van der Waals surface area contributed by atoms with Crippen LogP contribution >= 0.6 is 0 Å². The summed E-state index contributed by atoms with van der Waals surface area (Å²) in [6.45, 7) is 3.68. The minimum Gasteiger partial charge on any atom is -0.307 e. The van der Waals surface area contributed by atoms with E-state index in [-0.39, 0.29) is 16.2 Å². The van der Waals surface area contributed by atoms with E-state index >= 15 is 0 Å². The van der Waals surface area contributed by atoms with Gasteiger partial charge in [0.25, 0.3) is 5.91 Å². The molecule has 2 aromatic rings. The summed E-state index contributed by atoms with van der Waals surface area (Å²) in [5.74, 6) is -0.0787. The predicted octanol–water partition coefficient (Wildman–Crippen LogP) is 2.83. The van der Waals surface area contributed by atoms with Gasteiger partial charge < -0.3 is 5.32 Å². The summed E-state index contributed by atoms with van der Waals surface area (Å²) in [6.07, 6.45) is 2.13. The molecule has 2 rings (SSSR count). The number of sulfone groups is 1. The number of nitrogens with zero attached hydrogens (tertiary/aromatic N) is 1. The van der Waals surface area contributed by atoms with E-state index < -0.39 is 15.7 Å². The molecule has 0 saturated heterocycles. The van der Waals surface area contributed by atoms with E-state index in [1.165, 1.54) is 12.1 Å². The molecule has 1 N–H and O–H groups in total. The van der Waals surface area contributed by atoms with Gasteiger partial charge >= 0.3 is 0 Å². The highest BCUT2D eigenvalue weighted by Crippen LogP contribution is 2.19. The normalized spacial score (nSPS) is 11.2. The molecule has 0 fully saturated rings. The standard InChI is InChI=1S/C16H18N2O3S/c1-3-10-22(20,21)14-7-5-4-6-13(14)16(19)18-15-9-8-12(2)11-17-15/h4-9,11H,3,10H2,1-2H3,(H,17,18,19). The van der Waals surface area contributed by atoms with E-state index in [9.17, 15) is 13.2 Å². The van der Waals surface area contributed by atoms with Crippen LogP contribution in [0.1, 0.15) is 29.3 Å². The second-order valence-corrected chi connectivity index (χ2v) is 7.07. The molecule has 22 heavy (non-hydrogen) atoms. The molecule has 0 bridgehead atoms. The fourth-order valence-corrected chi connectivity index (χ4v) is 3.57. The van der Waals surface area contributed by atoms with Gasteiger partial charge in [0, 0.05) is 6.20 Å². The largest absolute Gasteiger partial charge is 0.307 e. The first kappa shape index (κ1) is 16.2. The summed E-state index contributed by atoms with van der Waals surface area (Å²) in [5.41, 5.74) is 1.11. The van der Waals surface area contributed by atoms with Crippen molar-refractivity contribution in [3.05, 3.63) is 53.7 Å². The first-order valence-electron chi connectivity index (χ1n) is 7.00. The molecule has 1 aromatic heterocycles. The van der Waals surface area contributed by atoms with E-state index in [4.69, 9.17) is 0 Å². The number of aromatic nitrogens is 1. The van der Waals surface area contributed by atoms with Crippen LogP contribution in [0.2, 0.25) is 0 Å². The quantitative estimate of drug-likeness (QED) is 0.919. The summed E-state index contributed by atoms with van der Waals surface area (Å²) in [6, 6.07) is 9.72. The van der Waals surface area contributed by atoms with Crippen molar-refractivity contribution in [1.82, 2.24) is 4.98 Å². The Bertz CT molecular complexity index is 768. The van der Waals surface area contributed by atoms with Gasteiger partial charge in [0.1, 0.15) is 5.82 Å². The van der Waals surface area contributed by atoms with Crippen molar-refractivity contribution < 1.29 is 13.2 Å². The Balaban J connectivity index is 2.32. The van der Waals surface area contributed by atoms with Gasteiger partial charge in [-0.3, -0.25) is 4.79 Å². The third kappa shape index (κ3) is 3.71. The molecule has 0 unspecified atom stereocenters. The van der Waals surface area contributed by atoms with Crippen molar-refractivity contribution in [1.29, 1.82) is 0 Å². The van der Waals surface area contributed by atoms with Crippen molar-refractivity contribution in [2.24, 2.45) is 0 Å². The minimum absolute atomic E-state index is 0.0140. The predicted molar refractivity (Wildman–Crippen MR) is 85.7 cm³/mol. The third-order valence-corrected chi connectivity index (χ3v) is 5.06. The number of hydrogen-bond donors (Lipinski definition) is 1. The second kappa shape index (κ2) is 6.70. The zero-order chi connectivity index (χ0) is 16.2. The zero-order valence-corrected chi connectivity index (χ0v) is 13.4. The summed E-state index contributed by atoms with van der Waals surface area (Å²) in [5, 5.41) is 2.63. The maximum Gasteiger partial charge on any atom is 0.258 e. The summed E-state index contributed by atoms with van der Waals surface area (Å²) < 4.78 is 24.5. The van der Waals surface area contributed by atoms with E-state index in [1.54, 1.807) is 31.3 Å². The Morgan fingerprint density at radius 3 is 2.55 bits per heavy atom. The Labute approximate surface area is 130 Å². The highest BCUT2D eigenvalue weighted by Gasteiger charge is 2.21. The maximum atomic E-state index is 12.4. The Kier molecular flexibility index (Phi) is 4.92. The molecule has 1 aromatic carbocycles. The number of amides is 1. The van der Waals surface area contributed by atoms with Crippen LogP contribution in [0.15, 0.2) is 47.5 Å². The van der Waals surface area contributed by atoms with Crippen LogP contribution in [-0.4, -0.2) is 25.1 Å². The van der Waals surface area contributed by atoms with Crippen LogP contribution in [0.4, 0.5) is 5.82 Å². The van der Waals surface area contributed by atoms with Gasteiger partial charge in [0.15, 0.2) is 9.84 Å². The molecule has 116 valence electrons. The number of rotatable bonds is 5. The lowest BCUT2D eigenvalue weighted by atomic mass is 10.2. The van der Waals surface area contributed by atoms with Crippen LogP contribution in [-0.2, 0) is 9.84 Å². The lowest BCUT2D eigenvalue weighted by Crippen LogP contribution is -2.18. The fourth-order valence-electron chi connectivity index (χ4n) is 2.03. The SMILES string of the molecule is CCCS(=O)(=O)c1ccccc1C(=O)Nc1ccc(C)cn1. The molecule has 6 heteroatoms. The highest BCUT2D eigenvalue weighted by molar-refractivity contribution is 7.91. The molecule has 1 amide bonds.